The minimum absolute atomic E-state index is 0.334. The molecule has 60 heavy (non-hydrogen) atoms. The number of hydrogen-bond donors (Lipinski definition) is 0. The number of hydrogen-bond acceptors (Lipinski definition) is 6. The number of aryl methyl sites for hydroxylation is 2. The lowest BCUT2D eigenvalue weighted by Crippen LogP contribution is -2.12. The Morgan fingerprint density at radius 3 is 1.08 bits per heavy atom. The molecule has 0 aliphatic carbocycles. The van der Waals surface area contributed by atoms with Crippen LogP contribution in [-0.4, -0.2) is 25.5 Å². The van der Waals surface area contributed by atoms with E-state index in [0.717, 1.165) is 106 Å². The van der Waals surface area contributed by atoms with Crippen LogP contribution in [0.5, 0.6) is 11.5 Å². The lowest BCUT2D eigenvalue weighted by Gasteiger charge is -2.22. The van der Waals surface area contributed by atoms with Gasteiger partial charge < -0.3 is 18.9 Å². The normalized spacial score (nSPS) is 11.5. The average molecular weight is 811 g/mol. The molecule has 0 saturated carbocycles. The van der Waals surface area contributed by atoms with Crippen LogP contribution in [0.2, 0.25) is 0 Å². The molecular formula is C54H66O6. The molecule has 6 aromatic rings. The molecule has 6 rings (SSSR count). The summed E-state index contributed by atoms with van der Waals surface area (Å²) in [5.41, 5.74) is 4.41. The molecule has 6 nitrogen and oxygen atoms in total. The molecule has 0 aliphatic heterocycles. The van der Waals surface area contributed by atoms with Crippen LogP contribution < -0.4 is 9.47 Å². The molecule has 0 unspecified atom stereocenters. The van der Waals surface area contributed by atoms with Crippen LogP contribution in [0.4, 0.5) is 9.59 Å². The van der Waals surface area contributed by atoms with E-state index < -0.39 is 12.3 Å². The van der Waals surface area contributed by atoms with Crippen molar-refractivity contribution in [3.05, 3.63) is 96.1 Å². The molecule has 0 bridgehead atoms. The van der Waals surface area contributed by atoms with Gasteiger partial charge in [-0.1, -0.05) is 203 Å². The molecule has 0 radical (unpaired) electrons. The summed E-state index contributed by atoms with van der Waals surface area (Å²) in [5, 5.41) is 7.17. The molecule has 0 N–H and O–H groups in total. The van der Waals surface area contributed by atoms with E-state index in [4.69, 9.17) is 18.9 Å². The number of fused-ring (bicyclic) bond motifs is 4. The monoisotopic (exact) mass is 810 g/mol. The molecule has 0 atom stereocenters. The fourth-order valence-electron chi connectivity index (χ4n) is 8.58. The first-order chi connectivity index (χ1) is 29.5. The Balaban J connectivity index is 1.36. The third-order valence-corrected chi connectivity index (χ3v) is 12.0. The van der Waals surface area contributed by atoms with Gasteiger partial charge in [-0.05, 0) is 69.5 Å². The van der Waals surface area contributed by atoms with Gasteiger partial charge in [0, 0.05) is 21.5 Å². The highest BCUT2D eigenvalue weighted by molar-refractivity contribution is 6.27. The Hall–Kier alpha value is -5.10. The highest BCUT2D eigenvalue weighted by atomic mass is 16.7. The summed E-state index contributed by atoms with van der Waals surface area (Å²) < 4.78 is 23.7. The SMILES string of the molecule is CCCCCCCCCCOC(=O)Oc1c2ccccc2c(-c2c3ccccc3c(OC(=O)OCCCCCCCCCC)c3ccc(CC)cc23)c2cc(CC)ccc12. The van der Waals surface area contributed by atoms with Gasteiger partial charge in [-0.3, -0.25) is 0 Å². The second-order valence-electron chi connectivity index (χ2n) is 16.3. The van der Waals surface area contributed by atoms with Crippen LogP contribution in [-0.2, 0) is 22.3 Å². The lowest BCUT2D eigenvalue weighted by molar-refractivity contribution is 0.0972. The molecule has 0 fully saturated rings. The minimum Gasteiger partial charge on any atom is -0.434 e. The highest BCUT2D eigenvalue weighted by Gasteiger charge is 2.25. The van der Waals surface area contributed by atoms with Crippen LogP contribution in [0.15, 0.2) is 84.9 Å². The summed E-state index contributed by atoms with van der Waals surface area (Å²) in [6, 6.07) is 29.1. The van der Waals surface area contributed by atoms with Crippen LogP contribution in [0.1, 0.15) is 142 Å². The van der Waals surface area contributed by atoms with Gasteiger partial charge in [0.05, 0.1) is 13.2 Å². The van der Waals surface area contributed by atoms with Gasteiger partial charge in [-0.25, -0.2) is 9.59 Å². The molecule has 6 aromatic carbocycles. The molecule has 6 heteroatoms. The van der Waals surface area contributed by atoms with Gasteiger partial charge in [0.2, 0.25) is 0 Å². The predicted molar refractivity (Wildman–Crippen MR) is 250 cm³/mol. The third-order valence-electron chi connectivity index (χ3n) is 12.0. The summed E-state index contributed by atoms with van der Waals surface area (Å²) in [7, 11) is 0. The fourth-order valence-corrected chi connectivity index (χ4v) is 8.58. The predicted octanol–water partition coefficient (Wildman–Crippen LogP) is 16.4. The van der Waals surface area contributed by atoms with E-state index >= 15 is 0 Å². The maximum absolute atomic E-state index is 13.4. The maximum atomic E-state index is 13.4. The van der Waals surface area contributed by atoms with Gasteiger partial charge in [0.25, 0.3) is 0 Å². The highest BCUT2D eigenvalue weighted by Crippen LogP contribution is 2.50. The first-order valence-electron chi connectivity index (χ1n) is 23.1. The van der Waals surface area contributed by atoms with E-state index in [9.17, 15) is 9.59 Å². The van der Waals surface area contributed by atoms with Crippen molar-refractivity contribution >= 4 is 55.4 Å². The van der Waals surface area contributed by atoms with Gasteiger partial charge in [0.15, 0.2) is 0 Å². The Morgan fingerprint density at radius 2 is 0.717 bits per heavy atom. The van der Waals surface area contributed by atoms with E-state index in [1.54, 1.807) is 0 Å². The van der Waals surface area contributed by atoms with Crippen LogP contribution >= 0.6 is 0 Å². The summed E-state index contributed by atoms with van der Waals surface area (Å²) in [6.07, 6.45) is 19.0. The zero-order valence-electron chi connectivity index (χ0n) is 36.7. The molecule has 318 valence electrons. The van der Waals surface area contributed by atoms with Crippen molar-refractivity contribution in [1.82, 2.24) is 0 Å². The lowest BCUT2D eigenvalue weighted by atomic mass is 9.84. The van der Waals surface area contributed by atoms with Crippen LogP contribution in [0.3, 0.4) is 0 Å². The summed E-state index contributed by atoms with van der Waals surface area (Å²) in [4.78, 5) is 26.8. The topological polar surface area (TPSA) is 71.1 Å². The number of carbonyl (C=O) groups excluding carboxylic acids is 2. The van der Waals surface area contributed by atoms with Gasteiger partial charge >= 0.3 is 12.3 Å². The fraction of sp³-hybridized carbons (Fsp3) is 0.444. The van der Waals surface area contributed by atoms with Crippen molar-refractivity contribution in [1.29, 1.82) is 0 Å². The second-order valence-corrected chi connectivity index (χ2v) is 16.3. The van der Waals surface area contributed by atoms with E-state index in [2.05, 4.69) is 76.2 Å². The smallest absolute Gasteiger partial charge is 0.434 e. The van der Waals surface area contributed by atoms with E-state index in [-0.39, 0.29) is 0 Å². The van der Waals surface area contributed by atoms with E-state index in [0.29, 0.717) is 24.7 Å². The van der Waals surface area contributed by atoms with Gasteiger partial charge in [-0.2, -0.15) is 0 Å². The number of rotatable bonds is 23. The molecule has 0 aliphatic rings. The van der Waals surface area contributed by atoms with Crippen molar-refractivity contribution in [2.75, 3.05) is 13.2 Å². The Bertz CT molecular complexity index is 2180. The molecule has 0 spiro atoms. The number of benzene rings is 6. The van der Waals surface area contributed by atoms with Crippen molar-refractivity contribution in [2.24, 2.45) is 0 Å². The van der Waals surface area contributed by atoms with Crippen LogP contribution in [0, 0.1) is 0 Å². The minimum atomic E-state index is -0.684. The molecule has 0 aromatic heterocycles. The van der Waals surface area contributed by atoms with Crippen LogP contribution in [0.25, 0.3) is 54.2 Å². The first kappa shape index (κ1) is 44.5. The quantitative estimate of drug-likeness (QED) is 0.0278. The van der Waals surface area contributed by atoms with Crippen molar-refractivity contribution in [3.63, 3.8) is 0 Å². The van der Waals surface area contributed by atoms with Crippen molar-refractivity contribution in [3.8, 4) is 22.6 Å². The molecule has 0 saturated heterocycles. The Kier molecular flexibility index (Phi) is 17.1. The Morgan fingerprint density at radius 1 is 0.383 bits per heavy atom. The van der Waals surface area contributed by atoms with Crippen molar-refractivity contribution in [2.45, 2.75) is 143 Å². The van der Waals surface area contributed by atoms with E-state index in [1.165, 1.54) is 75.3 Å². The average Bonchev–Trinajstić information content (AvgIpc) is 3.28. The number of ether oxygens (including phenoxy) is 4. The largest absolute Gasteiger partial charge is 0.513 e. The number of unbranched alkanes of at least 4 members (excludes halogenated alkanes) is 14. The van der Waals surface area contributed by atoms with Gasteiger partial charge in [-0.15, -0.1) is 0 Å². The van der Waals surface area contributed by atoms with Crippen molar-refractivity contribution < 1.29 is 28.5 Å². The maximum Gasteiger partial charge on any atom is 0.513 e. The van der Waals surface area contributed by atoms with E-state index in [1.807, 2.05) is 36.4 Å². The summed E-state index contributed by atoms with van der Waals surface area (Å²) in [6.45, 7) is 9.45. The third kappa shape index (κ3) is 11.2. The van der Waals surface area contributed by atoms with Gasteiger partial charge in [0.1, 0.15) is 11.5 Å². The summed E-state index contributed by atoms with van der Waals surface area (Å²) >= 11 is 0. The standard InChI is InChI=1S/C54H66O6/c1-5-9-11-13-15-17-19-25-35-57-53(55)59-51-43-29-23-21-27-41(43)49(47-37-39(7-3)31-33-45(47)51)50-42-28-22-24-30-44(42)52(46-34-32-40(8-4)38-48(46)50)60-54(56)58-36-26-20-18-16-14-12-10-6-2/h21-24,27-34,37-38H,5-20,25-26,35-36H2,1-4H3. The Labute approximate surface area is 357 Å². The zero-order valence-corrected chi connectivity index (χ0v) is 36.7. The molecular weight excluding hydrogens is 745 g/mol. The molecule has 0 heterocycles. The second kappa shape index (κ2) is 23.0. The molecule has 0 amide bonds. The summed E-state index contributed by atoms with van der Waals surface area (Å²) in [5.74, 6) is 0.991. The first-order valence-corrected chi connectivity index (χ1v) is 23.1. The zero-order chi connectivity index (χ0) is 42.1. The number of carbonyl (C=O) groups is 2.